The van der Waals surface area contributed by atoms with Crippen LogP contribution in [-0.4, -0.2) is 53.1 Å². The minimum Gasteiger partial charge on any atom is -0.350 e. The molecule has 1 aromatic heterocycles. The maximum absolute atomic E-state index is 12.5. The first kappa shape index (κ1) is 20.2. The number of imide groups is 1. The van der Waals surface area contributed by atoms with E-state index in [1.807, 2.05) is 13.8 Å². The molecule has 2 N–H and O–H groups in total. The molecule has 8 nitrogen and oxygen atoms in total. The molecule has 150 valence electrons. The first-order valence-corrected chi connectivity index (χ1v) is 9.35. The molecule has 0 spiro atoms. The zero-order valence-electron chi connectivity index (χ0n) is 16.3. The van der Waals surface area contributed by atoms with E-state index >= 15 is 0 Å². The number of hydrogen-bond acceptors (Lipinski definition) is 5. The monoisotopic (exact) mass is 394 g/mol. The van der Waals surface area contributed by atoms with Gasteiger partial charge in [-0.2, -0.15) is 0 Å². The predicted octanol–water partition coefficient (Wildman–Crippen LogP) is 1.49. The van der Waals surface area contributed by atoms with Gasteiger partial charge in [0.25, 0.3) is 23.6 Å². The Labute approximate surface area is 168 Å². The minimum atomic E-state index is -0.381. The fourth-order valence-electron chi connectivity index (χ4n) is 3.02. The molecule has 1 aliphatic rings. The second-order valence-electron chi connectivity index (χ2n) is 7.12. The molecule has 4 amide bonds. The van der Waals surface area contributed by atoms with E-state index in [9.17, 15) is 19.2 Å². The Kier molecular flexibility index (Phi) is 6.01. The summed E-state index contributed by atoms with van der Waals surface area (Å²) in [7, 11) is 0. The number of benzene rings is 1. The maximum atomic E-state index is 12.5. The van der Waals surface area contributed by atoms with Crippen molar-refractivity contribution in [1.82, 2.24) is 20.5 Å². The molecule has 0 fully saturated rings. The second-order valence-corrected chi connectivity index (χ2v) is 7.12. The van der Waals surface area contributed by atoms with Crippen molar-refractivity contribution in [3.8, 4) is 0 Å². The van der Waals surface area contributed by atoms with Crippen LogP contribution in [0.3, 0.4) is 0 Å². The molecule has 3 rings (SSSR count). The number of carbonyl (C=O) groups excluding carboxylic acids is 4. The van der Waals surface area contributed by atoms with Crippen LogP contribution in [0, 0.1) is 5.92 Å². The first-order valence-electron chi connectivity index (χ1n) is 9.35. The summed E-state index contributed by atoms with van der Waals surface area (Å²) in [6, 6.07) is 7.67. The van der Waals surface area contributed by atoms with E-state index in [1.165, 1.54) is 35.5 Å². The highest BCUT2D eigenvalue weighted by Crippen LogP contribution is 2.24. The summed E-state index contributed by atoms with van der Waals surface area (Å²) in [5.41, 5.74) is 1.34. The van der Waals surface area contributed by atoms with Gasteiger partial charge in [0.1, 0.15) is 0 Å². The molecular weight excluding hydrogens is 372 g/mol. The molecule has 29 heavy (non-hydrogen) atoms. The lowest BCUT2D eigenvalue weighted by Gasteiger charge is -2.15. The standard InChI is InChI=1S/C21H22N4O4/c1-13(2)12-25-20(28)16-4-3-15(11-17(16)21(25)29)19(27)24-10-9-23-18(26)14-5-7-22-8-6-14/h3-8,11,13H,9-10,12H2,1-2H3,(H,23,26)(H,24,27). The van der Waals surface area contributed by atoms with Gasteiger partial charge in [0.2, 0.25) is 0 Å². The summed E-state index contributed by atoms with van der Waals surface area (Å²) in [6.07, 6.45) is 3.05. The quantitative estimate of drug-likeness (QED) is 0.546. The van der Waals surface area contributed by atoms with E-state index in [0.29, 0.717) is 17.7 Å². The fraction of sp³-hybridized carbons (Fsp3) is 0.286. The van der Waals surface area contributed by atoms with Crippen molar-refractivity contribution >= 4 is 23.6 Å². The molecule has 0 saturated heterocycles. The summed E-state index contributed by atoms with van der Waals surface area (Å²) in [5, 5.41) is 5.39. The minimum absolute atomic E-state index is 0.155. The van der Waals surface area contributed by atoms with Gasteiger partial charge >= 0.3 is 0 Å². The lowest BCUT2D eigenvalue weighted by atomic mass is 10.1. The predicted molar refractivity (Wildman–Crippen MR) is 106 cm³/mol. The SMILES string of the molecule is CC(C)CN1C(=O)c2ccc(C(=O)NCCNC(=O)c3ccncc3)cc2C1=O. The molecule has 0 bridgehead atoms. The van der Waals surface area contributed by atoms with Gasteiger partial charge < -0.3 is 10.6 Å². The van der Waals surface area contributed by atoms with E-state index in [1.54, 1.807) is 12.1 Å². The number of pyridine rings is 1. The maximum Gasteiger partial charge on any atom is 0.261 e. The van der Waals surface area contributed by atoms with Crippen LogP contribution in [0.25, 0.3) is 0 Å². The van der Waals surface area contributed by atoms with Crippen LogP contribution in [0.1, 0.15) is 55.3 Å². The van der Waals surface area contributed by atoms with Crippen molar-refractivity contribution in [2.24, 2.45) is 5.92 Å². The van der Waals surface area contributed by atoms with Crippen LogP contribution in [0.15, 0.2) is 42.7 Å². The summed E-state index contributed by atoms with van der Waals surface area (Å²) in [4.78, 5) is 54.2. The molecule has 8 heteroatoms. The van der Waals surface area contributed by atoms with Gasteiger partial charge in [-0.25, -0.2) is 0 Å². The number of fused-ring (bicyclic) bond motifs is 1. The third-order valence-corrected chi connectivity index (χ3v) is 4.42. The Morgan fingerprint density at radius 2 is 1.48 bits per heavy atom. The third-order valence-electron chi connectivity index (χ3n) is 4.42. The first-order chi connectivity index (χ1) is 13.9. The van der Waals surface area contributed by atoms with Gasteiger partial charge in [0.05, 0.1) is 11.1 Å². The number of nitrogens with zero attached hydrogens (tertiary/aromatic N) is 2. The Hall–Kier alpha value is -3.55. The largest absolute Gasteiger partial charge is 0.350 e. The number of carbonyl (C=O) groups is 4. The lowest BCUT2D eigenvalue weighted by Crippen LogP contribution is -2.34. The van der Waals surface area contributed by atoms with Crippen LogP contribution < -0.4 is 10.6 Å². The normalized spacial score (nSPS) is 12.9. The molecule has 1 aliphatic heterocycles. The van der Waals surface area contributed by atoms with E-state index in [4.69, 9.17) is 0 Å². The van der Waals surface area contributed by atoms with Crippen LogP contribution in [0.4, 0.5) is 0 Å². The van der Waals surface area contributed by atoms with Gasteiger partial charge in [-0.1, -0.05) is 13.8 Å². The van der Waals surface area contributed by atoms with Crippen LogP contribution in [0.5, 0.6) is 0 Å². The number of hydrogen-bond donors (Lipinski definition) is 2. The summed E-state index contributed by atoms with van der Waals surface area (Å²) < 4.78 is 0. The Balaban J connectivity index is 1.56. The lowest BCUT2D eigenvalue weighted by molar-refractivity contribution is 0.0635. The summed E-state index contributed by atoms with van der Waals surface area (Å²) in [5.74, 6) is -1.19. The summed E-state index contributed by atoms with van der Waals surface area (Å²) >= 11 is 0. The van der Waals surface area contributed by atoms with E-state index in [2.05, 4.69) is 15.6 Å². The molecule has 0 aliphatic carbocycles. The average Bonchev–Trinajstić information content (AvgIpc) is 2.95. The highest BCUT2D eigenvalue weighted by Gasteiger charge is 2.36. The van der Waals surface area contributed by atoms with Crippen LogP contribution >= 0.6 is 0 Å². The van der Waals surface area contributed by atoms with Crippen molar-refractivity contribution in [2.45, 2.75) is 13.8 Å². The van der Waals surface area contributed by atoms with Crippen molar-refractivity contribution in [2.75, 3.05) is 19.6 Å². The van der Waals surface area contributed by atoms with E-state index < -0.39 is 0 Å². The molecule has 0 atom stereocenters. The van der Waals surface area contributed by atoms with Crippen molar-refractivity contribution in [3.63, 3.8) is 0 Å². The van der Waals surface area contributed by atoms with Crippen LogP contribution in [0.2, 0.25) is 0 Å². The average molecular weight is 394 g/mol. The molecule has 0 unspecified atom stereocenters. The van der Waals surface area contributed by atoms with E-state index in [0.717, 1.165) is 0 Å². The number of amides is 4. The topological polar surface area (TPSA) is 108 Å². The van der Waals surface area contributed by atoms with Gasteiger partial charge in [0, 0.05) is 43.2 Å². The van der Waals surface area contributed by atoms with Gasteiger partial charge in [-0.05, 0) is 36.2 Å². The molecular formula is C21H22N4O4. The van der Waals surface area contributed by atoms with Gasteiger partial charge in [-0.15, -0.1) is 0 Å². The fourth-order valence-corrected chi connectivity index (χ4v) is 3.02. The number of aromatic nitrogens is 1. The number of nitrogens with one attached hydrogen (secondary N) is 2. The zero-order valence-corrected chi connectivity index (χ0v) is 16.3. The molecule has 0 saturated carbocycles. The van der Waals surface area contributed by atoms with Crippen molar-refractivity contribution < 1.29 is 19.2 Å². The number of rotatable bonds is 7. The van der Waals surface area contributed by atoms with Crippen molar-refractivity contribution in [1.29, 1.82) is 0 Å². The highest BCUT2D eigenvalue weighted by atomic mass is 16.2. The van der Waals surface area contributed by atoms with E-state index in [-0.39, 0.29) is 53.8 Å². The molecule has 2 aromatic rings. The molecule has 1 aromatic carbocycles. The van der Waals surface area contributed by atoms with Crippen LogP contribution in [-0.2, 0) is 0 Å². The smallest absolute Gasteiger partial charge is 0.261 e. The third kappa shape index (κ3) is 4.48. The van der Waals surface area contributed by atoms with Gasteiger partial charge in [0.15, 0.2) is 0 Å². The van der Waals surface area contributed by atoms with Crippen molar-refractivity contribution in [3.05, 3.63) is 65.0 Å². The second kappa shape index (κ2) is 8.64. The Morgan fingerprint density at radius 1 is 0.897 bits per heavy atom. The highest BCUT2D eigenvalue weighted by molar-refractivity contribution is 6.22. The van der Waals surface area contributed by atoms with Gasteiger partial charge in [-0.3, -0.25) is 29.1 Å². The molecule has 0 radical (unpaired) electrons. The Bertz CT molecular complexity index is 956. The zero-order chi connectivity index (χ0) is 21.0. The summed E-state index contributed by atoms with van der Waals surface area (Å²) in [6.45, 7) is 4.66. The Morgan fingerprint density at radius 3 is 2.10 bits per heavy atom. The molecule has 2 heterocycles.